The molecule has 1 heterocycles. The molecule has 5 heteroatoms. The zero-order chi connectivity index (χ0) is 13.0. The van der Waals surface area contributed by atoms with Gasteiger partial charge in [0.1, 0.15) is 0 Å². The average molecular weight is 263 g/mol. The van der Waals surface area contributed by atoms with Crippen LogP contribution in [0.5, 0.6) is 0 Å². The van der Waals surface area contributed by atoms with Crippen molar-refractivity contribution in [3.63, 3.8) is 0 Å². The number of nitrogens with zero attached hydrogens (tertiary/aromatic N) is 1. The quantitative estimate of drug-likeness (QED) is 0.680. The molecule has 0 unspecified atom stereocenters. The fourth-order valence-corrected chi connectivity index (χ4v) is 1.73. The number of nitrogens with one attached hydrogen (secondary N) is 1. The number of carbonyl (C=O) groups is 1. The maximum atomic E-state index is 12.3. The van der Waals surface area contributed by atoms with E-state index in [4.69, 9.17) is 16.4 Å². The van der Waals surface area contributed by atoms with Gasteiger partial charge in [-0.25, -0.2) is 0 Å². The van der Waals surface area contributed by atoms with E-state index in [0.29, 0.717) is 21.8 Å². The van der Waals surface area contributed by atoms with Crippen LogP contribution in [0.1, 0.15) is 15.9 Å². The molecular formula is C13H11ClN2O2. The summed E-state index contributed by atoms with van der Waals surface area (Å²) < 4.78 is 0. The zero-order valence-electron chi connectivity index (χ0n) is 9.68. The maximum absolute atomic E-state index is 12.3. The van der Waals surface area contributed by atoms with Gasteiger partial charge in [0.05, 0.1) is 12.8 Å². The van der Waals surface area contributed by atoms with E-state index in [2.05, 4.69) is 10.5 Å². The zero-order valence-corrected chi connectivity index (χ0v) is 10.4. The molecule has 1 aromatic heterocycles. The van der Waals surface area contributed by atoms with Gasteiger partial charge in [0.15, 0.2) is 5.78 Å². The monoisotopic (exact) mass is 262 g/mol. The molecule has 2 aromatic rings. The molecule has 4 nitrogen and oxygen atoms in total. The summed E-state index contributed by atoms with van der Waals surface area (Å²) in [5.41, 5.74) is 4.23. The Bertz CT molecular complexity index is 558. The minimum Gasteiger partial charge on any atom is -0.289 e. The standard InChI is InChI=1S/C13H11ClN2O2/c1-18-16-12-3-2-10(14)8-11(12)13(17)9-4-6-15-7-5-9/h2-8,16H,1H3. The van der Waals surface area contributed by atoms with Crippen LogP contribution in [0.25, 0.3) is 0 Å². The van der Waals surface area contributed by atoms with Crippen molar-refractivity contribution in [3.8, 4) is 0 Å². The van der Waals surface area contributed by atoms with Crippen LogP contribution in [0.2, 0.25) is 5.02 Å². The van der Waals surface area contributed by atoms with E-state index in [1.807, 2.05) is 0 Å². The van der Waals surface area contributed by atoms with Crippen molar-refractivity contribution < 1.29 is 9.63 Å². The Hall–Kier alpha value is -1.91. The van der Waals surface area contributed by atoms with Crippen LogP contribution in [0.4, 0.5) is 5.69 Å². The largest absolute Gasteiger partial charge is 0.289 e. The van der Waals surface area contributed by atoms with Gasteiger partial charge in [0.25, 0.3) is 0 Å². The van der Waals surface area contributed by atoms with E-state index in [1.54, 1.807) is 42.7 Å². The Balaban J connectivity index is 2.43. The Kier molecular flexibility index (Phi) is 3.92. The molecule has 18 heavy (non-hydrogen) atoms. The molecule has 0 aliphatic heterocycles. The molecule has 1 aromatic carbocycles. The van der Waals surface area contributed by atoms with Crippen molar-refractivity contribution >= 4 is 23.1 Å². The van der Waals surface area contributed by atoms with E-state index in [-0.39, 0.29) is 5.78 Å². The summed E-state index contributed by atoms with van der Waals surface area (Å²) in [6.45, 7) is 0. The number of rotatable bonds is 4. The van der Waals surface area contributed by atoms with Gasteiger partial charge in [0, 0.05) is 28.5 Å². The number of aromatic nitrogens is 1. The van der Waals surface area contributed by atoms with Crippen molar-refractivity contribution in [2.45, 2.75) is 0 Å². The molecule has 0 spiro atoms. The van der Waals surface area contributed by atoms with Gasteiger partial charge in [-0.3, -0.25) is 20.1 Å². The Morgan fingerprint density at radius 2 is 2.00 bits per heavy atom. The SMILES string of the molecule is CONc1ccc(Cl)cc1C(=O)c1ccncc1. The smallest absolute Gasteiger partial charge is 0.195 e. The number of carbonyl (C=O) groups excluding carboxylic acids is 1. The maximum Gasteiger partial charge on any atom is 0.195 e. The lowest BCUT2D eigenvalue weighted by atomic mass is 10.0. The third kappa shape index (κ3) is 2.67. The fourth-order valence-electron chi connectivity index (χ4n) is 1.56. The first-order chi connectivity index (χ1) is 8.72. The predicted molar refractivity (Wildman–Crippen MR) is 69.8 cm³/mol. The van der Waals surface area contributed by atoms with Crippen molar-refractivity contribution in [3.05, 3.63) is 58.9 Å². The molecule has 0 fully saturated rings. The minimum absolute atomic E-state index is 0.139. The van der Waals surface area contributed by atoms with E-state index in [9.17, 15) is 4.79 Å². The van der Waals surface area contributed by atoms with Gasteiger partial charge < -0.3 is 0 Å². The van der Waals surface area contributed by atoms with Crippen LogP contribution < -0.4 is 5.48 Å². The molecule has 0 bridgehead atoms. The second-order valence-electron chi connectivity index (χ2n) is 3.56. The summed E-state index contributed by atoms with van der Waals surface area (Å²) in [6.07, 6.45) is 3.14. The number of anilines is 1. The van der Waals surface area contributed by atoms with Gasteiger partial charge >= 0.3 is 0 Å². The van der Waals surface area contributed by atoms with Gasteiger partial charge in [0.2, 0.25) is 0 Å². The van der Waals surface area contributed by atoms with Gasteiger partial charge in [-0.2, -0.15) is 0 Å². The van der Waals surface area contributed by atoms with Crippen LogP contribution in [-0.4, -0.2) is 17.9 Å². The van der Waals surface area contributed by atoms with Gasteiger partial charge in [-0.05, 0) is 30.3 Å². The highest BCUT2D eigenvalue weighted by molar-refractivity contribution is 6.31. The number of benzene rings is 1. The van der Waals surface area contributed by atoms with E-state index >= 15 is 0 Å². The molecule has 0 radical (unpaired) electrons. The second kappa shape index (κ2) is 5.62. The first kappa shape index (κ1) is 12.5. The van der Waals surface area contributed by atoms with E-state index in [0.717, 1.165) is 0 Å². The van der Waals surface area contributed by atoms with Gasteiger partial charge in [-0.1, -0.05) is 11.6 Å². The lowest BCUT2D eigenvalue weighted by molar-refractivity contribution is 0.103. The molecule has 0 amide bonds. The third-order valence-electron chi connectivity index (χ3n) is 2.38. The van der Waals surface area contributed by atoms with Crippen LogP contribution in [0, 0.1) is 0 Å². The number of hydrogen-bond acceptors (Lipinski definition) is 4. The van der Waals surface area contributed by atoms with E-state index < -0.39 is 0 Å². The summed E-state index contributed by atoms with van der Waals surface area (Å²) in [6, 6.07) is 8.29. The number of pyridine rings is 1. The third-order valence-corrected chi connectivity index (χ3v) is 2.62. The highest BCUT2D eigenvalue weighted by atomic mass is 35.5. The summed E-state index contributed by atoms with van der Waals surface area (Å²) >= 11 is 5.92. The topological polar surface area (TPSA) is 51.2 Å². The van der Waals surface area contributed by atoms with Crippen LogP contribution >= 0.6 is 11.6 Å². The van der Waals surface area contributed by atoms with Crippen molar-refractivity contribution in [2.75, 3.05) is 12.6 Å². The Labute approximate surface area is 110 Å². The summed E-state index contributed by atoms with van der Waals surface area (Å²) in [7, 11) is 1.48. The van der Waals surface area contributed by atoms with Gasteiger partial charge in [-0.15, -0.1) is 0 Å². The molecule has 92 valence electrons. The fraction of sp³-hybridized carbons (Fsp3) is 0.0769. The van der Waals surface area contributed by atoms with Crippen LogP contribution in [0.15, 0.2) is 42.7 Å². The summed E-state index contributed by atoms with van der Waals surface area (Å²) in [5, 5.41) is 0.494. The first-order valence-electron chi connectivity index (χ1n) is 5.25. The van der Waals surface area contributed by atoms with E-state index in [1.165, 1.54) is 7.11 Å². The molecule has 0 saturated carbocycles. The molecule has 0 aliphatic rings. The molecule has 0 saturated heterocycles. The van der Waals surface area contributed by atoms with Crippen molar-refractivity contribution in [2.24, 2.45) is 0 Å². The Morgan fingerprint density at radius 3 is 2.67 bits per heavy atom. The number of ketones is 1. The highest BCUT2D eigenvalue weighted by Crippen LogP contribution is 2.23. The second-order valence-corrected chi connectivity index (χ2v) is 4.00. The number of hydrogen-bond donors (Lipinski definition) is 1. The lowest BCUT2D eigenvalue weighted by Crippen LogP contribution is -2.07. The lowest BCUT2D eigenvalue weighted by Gasteiger charge is -2.09. The molecule has 2 rings (SSSR count). The first-order valence-corrected chi connectivity index (χ1v) is 5.63. The molecule has 0 atom stereocenters. The normalized spacial score (nSPS) is 10.1. The summed E-state index contributed by atoms with van der Waals surface area (Å²) in [5.74, 6) is -0.139. The highest BCUT2D eigenvalue weighted by Gasteiger charge is 2.14. The summed E-state index contributed by atoms with van der Waals surface area (Å²) in [4.78, 5) is 21.0. The van der Waals surface area contributed by atoms with Crippen LogP contribution in [0.3, 0.4) is 0 Å². The molecule has 1 N–H and O–H groups in total. The van der Waals surface area contributed by atoms with Crippen LogP contribution in [-0.2, 0) is 4.84 Å². The molecule has 0 aliphatic carbocycles. The minimum atomic E-state index is -0.139. The molecular weight excluding hydrogens is 252 g/mol. The number of halogens is 1. The Morgan fingerprint density at radius 1 is 1.28 bits per heavy atom. The van der Waals surface area contributed by atoms with Crippen molar-refractivity contribution in [1.82, 2.24) is 4.98 Å². The predicted octanol–water partition coefficient (Wildman–Crippen LogP) is 2.94. The average Bonchev–Trinajstić information content (AvgIpc) is 2.41. The van der Waals surface area contributed by atoms with Crippen molar-refractivity contribution in [1.29, 1.82) is 0 Å².